The number of allylic oxidation sites excluding steroid dienone is 3. The zero-order valence-electron chi connectivity index (χ0n) is 26.4. The molecule has 0 saturated heterocycles. The first-order valence-corrected chi connectivity index (χ1v) is 15.6. The molecule has 2 aromatic carbocycles. The summed E-state index contributed by atoms with van der Waals surface area (Å²) in [5.41, 5.74) is 11.1. The standard InChI is InChI=1S/C36H49N3O5/c1-25(22-38-2)10-6-4-9-13-31(41)20-32(42)17-30(24-40)33-21-35(44-3)34(43)18-28(33)16-29-23-39-36(37)19-27(29)15-14-26-11-7-5-8-12-26/h5,7-8,11-12,17-19,21,23,25,36,38-40,43H,4,6,9-10,13-16,20,22,24,37H2,1-3H3. The fourth-order valence-electron chi connectivity index (χ4n) is 5.60. The number of carbonyl (C=O) groups is 2. The second kappa shape index (κ2) is 18.2. The first-order valence-electron chi connectivity index (χ1n) is 15.6. The number of hydrogen-bond donors (Lipinski definition) is 5. The first-order chi connectivity index (χ1) is 21.2. The lowest BCUT2D eigenvalue weighted by Crippen LogP contribution is -2.35. The van der Waals surface area contributed by atoms with E-state index in [0.717, 1.165) is 56.2 Å². The van der Waals surface area contributed by atoms with Gasteiger partial charge in [-0.25, -0.2) is 0 Å². The van der Waals surface area contributed by atoms with Gasteiger partial charge in [-0.05, 0) is 109 Å². The Kier molecular flexibility index (Phi) is 14.4. The number of aliphatic hydroxyl groups is 1. The van der Waals surface area contributed by atoms with Gasteiger partial charge in [-0.2, -0.15) is 0 Å². The maximum atomic E-state index is 12.9. The first kappa shape index (κ1) is 34.8. The number of unbranched alkanes of at least 4 members (excludes halogenated alkanes) is 2. The molecule has 238 valence electrons. The highest BCUT2D eigenvalue weighted by Crippen LogP contribution is 2.35. The van der Waals surface area contributed by atoms with Crippen LogP contribution < -0.4 is 21.1 Å². The molecule has 1 heterocycles. The molecule has 0 bridgehead atoms. The largest absolute Gasteiger partial charge is 0.504 e. The summed E-state index contributed by atoms with van der Waals surface area (Å²) >= 11 is 0. The Balaban J connectivity index is 1.73. The number of phenols is 1. The highest BCUT2D eigenvalue weighted by molar-refractivity contribution is 6.07. The van der Waals surface area contributed by atoms with Gasteiger partial charge in [0, 0.05) is 12.6 Å². The molecule has 3 rings (SSSR count). The number of rotatable bonds is 19. The fraction of sp³-hybridized carbons (Fsp3) is 0.444. The minimum absolute atomic E-state index is 0.0405. The van der Waals surface area contributed by atoms with Crippen molar-refractivity contribution in [2.45, 2.75) is 70.9 Å². The van der Waals surface area contributed by atoms with E-state index in [9.17, 15) is 19.8 Å². The van der Waals surface area contributed by atoms with Gasteiger partial charge in [0.2, 0.25) is 0 Å². The van der Waals surface area contributed by atoms with Crippen molar-refractivity contribution in [1.29, 1.82) is 0 Å². The summed E-state index contributed by atoms with van der Waals surface area (Å²) in [5.74, 6) is 0.336. The quantitative estimate of drug-likeness (QED) is 0.0862. The molecule has 1 aliphatic heterocycles. The Labute approximate surface area is 262 Å². The number of methoxy groups -OCH3 is 1. The van der Waals surface area contributed by atoms with Crippen LogP contribution in [0.2, 0.25) is 0 Å². The number of hydrogen-bond acceptors (Lipinski definition) is 8. The van der Waals surface area contributed by atoms with Gasteiger partial charge in [0.15, 0.2) is 17.3 Å². The van der Waals surface area contributed by atoms with Crippen molar-refractivity contribution in [3.8, 4) is 11.5 Å². The zero-order chi connectivity index (χ0) is 31.9. The minimum atomic E-state index is -0.412. The van der Waals surface area contributed by atoms with Crippen LogP contribution in [0.4, 0.5) is 0 Å². The van der Waals surface area contributed by atoms with Crippen LogP contribution in [0.1, 0.15) is 68.6 Å². The predicted octanol–water partition coefficient (Wildman–Crippen LogP) is 4.98. The second-order valence-electron chi connectivity index (χ2n) is 11.7. The SMILES string of the molecule is CNCC(C)CCCCCC(=O)CC(=O)C=C(CO)c1cc(OC)c(O)cc1CC1=CNC(N)C=C1CCc1ccccc1. The van der Waals surface area contributed by atoms with E-state index in [1.165, 1.54) is 18.7 Å². The van der Waals surface area contributed by atoms with E-state index in [-0.39, 0.29) is 35.7 Å². The van der Waals surface area contributed by atoms with Crippen molar-refractivity contribution in [1.82, 2.24) is 10.6 Å². The third-order valence-corrected chi connectivity index (χ3v) is 7.98. The van der Waals surface area contributed by atoms with E-state index >= 15 is 0 Å². The van der Waals surface area contributed by atoms with Gasteiger partial charge in [-0.3, -0.25) is 9.59 Å². The number of Topliss-reactive ketones (excluding diaryl/α,β-unsaturated/α-hetero) is 1. The van der Waals surface area contributed by atoms with Crippen LogP contribution in [0.3, 0.4) is 0 Å². The van der Waals surface area contributed by atoms with Crippen molar-refractivity contribution >= 4 is 17.1 Å². The van der Waals surface area contributed by atoms with E-state index in [1.54, 1.807) is 12.1 Å². The summed E-state index contributed by atoms with van der Waals surface area (Å²) in [5, 5.41) is 27.3. The molecule has 6 N–H and O–H groups in total. The fourth-order valence-corrected chi connectivity index (χ4v) is 5.60. The molecule has 2 unspecified atom stereocenters. The summed E-state index contributed by atoms with van der Waals surface area (Å²) in [6.07, 6.45) is 11.0. The van der Waals surface area contributed by atoms with Gasteiger partial charge in [-0.15, -0.1) is 0 Å². The number of dihydropyridines is 1. The molecule has 0 saturated carbocycles. The van der Waals surface area contributed by atoms with Gasteiger partial charge < -0.3 is 31.3 Å². The minimum Gasteiger partial charge on any atom is -0.504 e. The van der Waals surface area contributed by atoms with Crippen molar-refractivity contribution in [2.24, 2.45) is 11.7 Å². The van der Waals surface area contributed by atoms with Crippen molar-refractivity contribution < 1.29 is 24.5 Å². The number of nitrogens with two attached hydrogens (primary N) is 1. The molecule has 44 heavy (non-hydrogen) atoms. The normalized spacial score (nSPS) is 15.7. The predicted molar refractivity (Wildman–Crippen MR) is 176 cm³/mol. The molecule has 1 aliphatic rings. The van der Waals surface area contributed by atoms with Gasteiger partial charge in [0.25, 0.3) is 0 Å². The Morgan fingerprint density at radius 3 is 2.59 bits per heavy atom. The number of ketones is 2. The van der Waals surface area contributed by atoms with Gasteiger partial charge >= 0.3 is 0 Å². The lowest BCUT2D eigenvalue weighted by atomic mass is 9.88. The molecule has 2 aromatic rings. The Morgan fingerprint density at radius 2 is 1.89 bits per heavy atom. The average Bonchev–Trinajstić information content (AvgIpc) is 3.00. The number of benzene rings is 2. The molecule has 0 fully saturated rings. The monoisotopic (exact) mass is 603 g/mol. The van der Waals surface area contributed by atoms with Crippen LogP contribution >= 0.6 is 0 Å². The Bertz CT molecular complexity index is 1330. The molecule has 0 aromatic heterocycles. The van der Waals surface area contributed by atoms with Crippen LogP contribution in [0.25, 0.3) is 5.57 Å². The van der Waals surface area contributed by atoms with Crippen molar-refractivity contribution in [3.05, 3.63) is 88.7 Å². The van der Waals surface area contributed by atoms with E-state index in [2.05, 4.69) is 29.7 Å². The number of ether oxygens (including phenoxy) is 1. The van der Waals surface area contributed by atoms with E-state index in [4.69, 9.17) is 10.5 Å². The number of aliphatic hydroxyl groups excluding tert-OH is 1. The summed E-state index contributed by atoms with van der Waals surface area (Å²) in [6, 6.07) is 13.5. The Hall–Kier alpha value is -3.72. The Morgan fingerprint density at radius 1 is 1.11 bits per heavy atom. The molecule has 2 atom stereocenters. The van der Waals surface area contributed by atoms with E-state index < -0.39 is 6.61 Å². The third kappa shape index (κ3) is 11.1. The average molecular weight is 604 g/mol. The van der Waals surface area contributed by atoms with Crippen molar-refractivity contribution in [3.63, 3.8) is 0 Å². The second-order valence-corrected chi connectivity index (χ2v) is 11.7. The number of aryl methyl sites for hydroxylation is 1. The number of nitrogens with one attached hydrogen (secondary N) is 2. The molecule has 0 radical (unpaired) electrons. The smallest absolute Gasteiger partial charge is 0.163 e. The molecular weight excluding hydrogens is 554 g/mol. The molecule has 0 spiro atoms. The van der Waals surface area contributed by atoms with Crippen LogP contribution in [-0.2, 0) is 22.4 Å². The van der Waals surface area contributed by atoms with Crippen molar-refractivity contribution in [2.75, 3.05) is 27.3 Å². The number of carbonyl (C=O) groups excluding carboxylic acids is 2. The molecule has 0 aliphatic carbocycles. The maximum absolute atomic E-state index is 12.9. The van der Waals surface area contributed by atoms with Gasteiger partial charge in [-0.1, -0.05) is 50.1 Å². The maximum Gasteiger partial charge on any atom is 0.163 e. The van der Waals surface area contributed by atoms with Gasteiger partial charge in [0.05, 0.1) is 26.3 Å². The number of aromatic hydroxyl groups is 1. The van der Waals surface area contributed by atoms with Crippen LogP contribution in [-0.4, -0.2) is 55.3 Å². The lowest BCUT2D eigenvalue weighted by molar-refractivity contribution is -0.124. The van der Waals surface area contributed by atoms with Crippen LogP contribution in [0.15, 0.2) is 72.0 Å². The molecule has 8 nitrogen and oxygen atoms in total. The van der Waals surface area contributed by atoms with E-state index in [1.807, 2.05) is 37.5 Å². The third-order valence-electron chi connectivity index (χ3n) is 7.98. The lowest BCUT2D eigenvalue weighted by Gasteiger charge is -2.23. The number of phenolic OH excluding ortho intramolecular Hbond substituents is 1. The van der Waals surface area contributed by atoms with Crippen LogP contribution in [0.5, 0.6) is 11.5 Å². The highest BCUT2D eigenvalue weighted by Gasteiger charge is 2.20. The summed E-state index contributed by atoms with van der Waals surface area (Å²) in [4.78, 5) is 25.5. The molecular formula is C36H49N3O5. The topological polar surface area (TPSA) is 134 Å². The molecule has 0 amide bonds. The zero-order valence-corrected chi connectivity index (χ0v) is 26.4. The molecule has 8 heteroatoms. The van der Waals surface area contributed by atoms with E-state index in [0.29, 0.717) is 35.5 Å². The van der Waals surface area contributed by atoms with Gasteiger partial charge in [0.1, 0.15) is 5.78 Å². The highest BCUT2D eigenvalue weighted by atomic mass is 16.5. The van der Waals surface area contributed by atoms with Crippen LogP contribution in [0, 0.1) is 5.92 Å². The summed E-state index contributed by atoms with van der Waals surface area (Å²) in [7, 11) is 3.40. The summed E-state index contributed by atoms with van der Waals surface area (Å²) in [6.45, 7) is 2.78. The summed E-state index contributed by atoms with van der Waals surface area (Å²) < 4.78 is 5.35.